The molecule has 1 radical (unpaired) electrons. The number of hydrogen-bond acceptors (Lipinski definition) is 2. The standard InChI is InChI=1S/C17H13ClF2NO2.Y/c1-3-8-23-12-4-5-13(11(2)9-12)15-7-6-14(18)17(22)21(15)10-16(19)20;/h1,4-6,9,16H,8,10H2,2H3;/q-1;. The maximum Gasteiger partial charge on any atom is 0.256 e. The summed E-state index contributed by atoms with van der Waals surface area (Å²) in [5, 5.41) is -0.152. The van der Waals surface area contributed by atoms with E-state index in [1.165, 1.54) is 6.07 Å². The predicted molar refractivity (Wildman–Crippen MR) is 85.1 cm³/mol. The molecule has 0 N–H and O–H groups in total. The van der Waals surface area contributed by atoms with Crippen LogP contribution in [-0.4, -0.2) is 17.6 Å². The number of pyridine rings is 1. The van der Waals surface area contributed by atoms with Crippen LogP contribution in [0.5, 0.6) is 5.75 Å². The van der Waals surface area contributed by atoms with Gasteiger partial charge in [0.2, 0.25) is 5.56 Å². The van der Waals surface area contributed by atoms with Crippen molar-refractivity contribution in [3.05, 3.63) is 51.3 Å². The molecule has 123 valence electrons. The van der Waals surface area contributed by atoms with Crippen LogP contribution < -0.4 is 10.3 Å². The van der Waals surface area contributed by atoms with Crippen molar-refractivity contribution in [2.75, 3.05) is 6.61 Å². The van der Waals surface area contributed by atoms with E-state index in [4.69, 9.17) is 22.8 Å². The van der Waals surface area contributed by atoms with Crippen LogP contribution in [-0.2, 0) is 39.3 Å². The number of aryl methyl sites for hydroxylation is 1. The molecule has 2 rings (SSSR count). The number of alkyl halides is 2. The fourth-order valence-electron chi connectivity index (χ4n) is 2.15. The third-order valence-electron chi connectivity index (χ3n) is 3.15. The molecule has 1 heterocycles. The Morgan fingerprint density at radius 1 is 1.46 bits per heavy atom. The summed E-state index contributed by atoms with van der Waals surface area (Å²) < 4.78 is 31.8. The third-order valence-corrected chi connectivity index (χ3v) is 3.42. The summed E-state index contributed by atoms with van der Waals surface area (Å²) in [6.45, 7) is 1.15. The molecule has 0 aliphatic rings. The van der Waals surface area contributed by atoms with Crippen molar-refractivity contribution in [2.24, 2.45) is 0 Å². The number of rotatable bonds is 5. The Bertz CT molecular complexity index is 815. The van der Waals surface area contributed by atoms with Gasteiger partial charge in [-0.15, -0.1) is 12.5 Å². The normalized spacial score (nSPS) is 10.2. The van der Waals surface area contributed by atoms with Crippen molar-refractivity contribution in [3.63, 3.8) is 0 Å². The number of nitrogens with zero attached hydrogens (tertiary/aromatic N) is 1. The summed E-state index contributed by atoms with van der Waals surface area (Å²) in [6.07, 6.45) is 2.45. The molecule has 0 spiro atoms. The van der Waals surface area contributed by atoms with E-state index < -0.39 is 18.5 Å². The van der Waals surface area contributed by atoms with Crippen LogP contribution in [0, 0.1) is 25.3 Å². The number of hydrogen-bond donors (Lipinski definition) is 0. The fraction of sp³-hybridized carbons (Fsp3) is 0.235. The molecular formula is C17H13ClF2NO2Y-. The first-order chi connectivity index (χ1) is 10.9. The molecule has 0 aliphatic carbocycles. The van der Waals surface area contributed by atoms with E-state index in [1.54, 1.807) is 25.1 Å². The Morgan fingerprint density at radius 3 is 2.75 bits per heavy atom. The number of aromatic nitrogens is 1. The van der Waals surface area contributed by atoms with Crippen molar-refractivity contribution < 1.29 is 46.2 Å². The minimum Gasteiger partial charge on any atom is -0.481 e. The monoisotopic (exact) mass is 425 g/mol. The molecule has 7 heteroatoms. The van der Waals surface area contributed by atoms with Crippen LogP contribution in [0.4, 0.5) is 8.78 Å². The second-order valence-electron chi connectivity index (χ2n) is 4.76. The molecule has 1 aromatic carbocycles. The van der Waals surface area contributed by atoms with Gasteiger partial charge in [0.05, 0.1) is 6.54 Å². The van der Waals surface area contributed by atoms with E-state index in [9.17, 15) is 13.6 Å². The molecule has 24 heavy (non-hydrogen) atoms. The van der Waals surface area contributed by atoms with Gasteiger partial charge in [0.25, 0.3) is 6.43 Å². The van der Waals surface area contributed by atoms with E-state index in [0.29, 0.717) is 11.3 Å². The first-order valence-corrected chi connectivity index (χ1v) is 7.08. The molecule has 0 aliphatic heterocycles. The van der Waals surface area contributed by atoms with Gasteiger partial charge >= 0.3 is 0 Å². The second kappa shape index (κ2) is 9.31. The molecule has 1 aromatic heterocycles. The van der Waals surface area contributed by atoms with Gasteiger partial charge in [0, 0.05) is 37.7 Å². The van der Waals surface area contributed by atoms with Crippen LogP contribution in [0.2, 0.25) is 5.02 Å². The van der Waals surface area contributed by atoms with Gasteiger partial charge in [-0.2, -0.15) is 23.7 Å². The molecule has 0 fully saturated rings. The van der Waals surface area contributed by atoms with Crippen molar-refractivity contribution in [3.8, 4) is 29.4 Å². The Kier molecular flexibility index (Phi) is 8.08. The van der Waals surface area contributed by atoms with Crippen molar-refractivity contribution in [1.29, 1.82) is 0 Å². The average molecular weight is 426 g/mol. The first kappa shape index (κ1) is 20.8. The van der Waals surface area contributed by atoms with Crippen molar-refractivity contribution in [2.45, 2.75) is 19.9 Å². The van der Waals surface area contributed by atoms with Crippen LogP contribution >= 0.6 is 11.6 Å². The zero-order valence-corrected chi connectivity index (χ0v) is 16.4. The van der Waals surface area contributed by atoms with Gasteiger partial charge in [-0.25, -0.2) is 8.78 Å². The Labute approximate surface area is 168 Å². The van der Waals surface area contributed by atoms with Gasteiger partial charge < -0.3 is 9.30 Å². The van der Waals surface area contributed by atoms with Crippen LogP contribution in [0.3, 0.4) is 0 Å². The van der Waals surface area contributed by atoms with E-state index in [1.807, 2.05) is 0 Å². The maximum absolute atomic E-state index is 12.8. The van der Waals surface area contributed by atoms with Crippen LogP contribution in [0.25, 0.3) is 11.3 Å². The van der Waals surface area contributed by atoms with E-state index in [2.05, 4.69) is 12.0 Å². The van der Waals surface area contributed by atoms with Crippen LogP contribution in [0.15, 0.2) is 29.1 Å². The Morgan fingerprint density at radius 2 is 2.17 bits per heavy atom. The summed E-state index contributed by atoms with van der Waals surface area (Å²) in [5.74, 6) is 2.91. The molecule has 0 saturated carbocycles. The Hall–Kier alpha value is -1.22. The smallest absolute Gasteiger partial charge is 0.256 e. The largest absolute Gasteiger partial charge is 0.481 e. The van der Waals surface area contributed by atoms with E-state index in [0.717, 1.165) is 10.1 Å². The summed E-state index contributed by atoms with van der Waals surface area (Å²) in [7, 11) is 0. The molecule has 0 amide bonds. The van der Waals surface area contributed by atoms with Gasteiger partial charge in [0.1, 0.15) is 12.4 Å². The first-order valence-electron chi connectivity index (χ1n) is 6.70. The molecule has 0 unspecified atom stereocenters. The summed E-state index contributed by atoms with van der Waals surface area (Å²) >= 11 is 5.73. The summed E-state index contributed by atoms with van der Waals surface area (Å²) in [5.41, 5.74) is 0.904. The van der Waals surface area contributed by atoms with Gasteiger partial charge in [-0.1, -0.05) is 29.7 Å². The predicted octanol–water partition coefficient (Wildman–Crippen LogP) is 3.55. The minimum absolute atomic E-state index is 0. The zero-order chi connectivity index (χ0) is 17.0. The second-order valence-corrected chi connectivity index (χ2v) is 5.17. The number of benzene rings is 1. The maximum atomic E-state index is 12.8. The SMILES string of the molecule is C#CCOc1ccc(-c2[c-]cc(Cl)c(=O)n2CC(F)F)c(C)c1.[Y]. The molecule has 0 atom stereocenters. The van der Waals surface area contributed by atoms with Crippen molar-refractivity contribution in [1.82, 2.24) is 4.57 Å². The number of terminal acetylenes is 1. The molecular weight excluding hydrogens is 413 g/mol. The average Bonchev–Trinajstić information content (AvgIpc) is 2.50. The van der Waals surface area contributed by atoms with Crippen LogP contribution in [0.1, 0.15) is 5.56 Å². The summed E-state index contributed by atoms with van der Waals surface area (Å²) in [4.78, 5) is 12.0. The van der Waals surface area contributed by atoms with E-state index >= 15 is 0 Å². The Balaban J connectivity index is 0.00000288. The number of ether oxygens (including phenoxy) is 1. The van der Waals surface area contributed by atoms with Gasteiger partial charge in [-0.3, -0.25) is 4.79 Å². The zero-order valence-electron chi connectivity index (χ0n) is 12.9. The minimum atomic E-state index is -2.68. The quantitative estimate of drug-likeness (QED) is 0.542. The molecule has 3 nitrogen and oxygen atoms in total. The fourth-order valence-corrected chi connectivity index (χ4v) is 2.31. The number of halogens is 3. The van der Waals surface area contributed by atoms with E-state index in [-0.39, 0.29) is 50.0 Å². The van der Waals surface area contributed by atoms with Crippen molar-refractivity contribution >= 4 is 11.6 Å². The van der Waals surface area contributed by atoms with Gasteiger partial charge in [0.15, 0.2) is 0 Å². The summed E-state index contributed by atoms with van der Waals surface area (Å²) in [6, 6.07) is 9.11. The van der Waals surface area contributed by atoms with Gasteiger partial charge in [-0.05, 0) is 12.1 Å². The molecule has 0 bridgehead atoms. The third kappa shape index (κ3) is 4.89. The molecule has 2 aromatic rings. The molecule has 0 saturated heterocycles. The topological polar surface area (TPSA) is 31.2 Å².